The predicted molar refractivity (Wildman–Crippen MR) is 49.3 cm³/mol. The summed E-state index contributed by atoms with van der Waals surface area (Å²) in [5, 5.41) is 0.232. The van der Waals surface area contributed by atoms with Crippen molar-refractivity contribution in [3.05, 3.63) is 17.0 Å². The maximum absolute atomic E-state index is 10.9. The molecule has 1 heterocycles. The lowest BCUT2D eigenvalue weighted by molar-refractivity contribution is -0.139. The maximum atomic E-state index is 10.9. The Hall–Kier alpha value is -1.36. The highest BCUT2D eigenvalue weighted by atomic mass is 35.5. The zero-order valence-electron chi connectivity index (χ0n) is 7.78. The number of hydrogen-bond acceptors (Lipinski definition) is 5. The van der Waals surface area contributed by atoms with Crippen LogP contribution in [0.25, 0.3) is 0 Å². The normalized spacial score (nSPS) is 9.64. The number of halogens is 1. The standard InChI is InChI=1S/C8H9ClN2O3/c1-13-7-3-5(9)10-6(11-7)4-8(12)14-2/h3H,4H2,1-2H3. The second kappa shape index (κ2) is 4.76. The zero-order chi connectivity index (χ0) is 10.6. The topological polar surface area (TPSA) is 61.3 Å². The summed E-state index contributed by atoms with van der Waals surface area (Å²) in [6.45, 7) is 0. The van der Waals surface area contributed by atoms with Crippen molar-refractivity contribution in [2.75, 3.05) is 14.2 Å². The molecule has 76 valence electrons. The molecule has 0 N–H and O–H groups in total. The molecule has 0 atom stereocenters. The van der Waals surface area contributed by atoms with Crippen molar-refractivity contribution in [1.82, 2.24) is 9.97 Å². The second-order valence-corrected chi connectivity index (χ2v) is 2.79. The third kappa shape index (κ3) is 2.85. The van der Waals surface area contributed by atoms with E-state index in [0.717, 1.165) is 0 Å². The van der Waals surface area contributed by atoms with Gasteiger partial charge < -0.3 is 9.47 Å². The molecular weight excluding hydrogens is 208 g/mol. The Morgan fingerprint density at radius 2 is 2.21 bits per heavy atom. The molecule has 0 radical (unpaired) electrons. The van der Waals surface area contributed by atoms with Gasteiger partial charge in [0.05, 0.1) is 14.2 Å². The average Bonchev–Trinajstić information content (AvgIpc) is 2.16. The Morgan fingerprint density at radius 1 is 1.50 bits per heavy atom. The number of aromatic nitrogens is 2. The summed E-state index contributed by atoms with van der Waals surface area (Å²) in [5.41, 5.74) is 0. The lowest BCUT2D eigenvalue weighted by Crippen LogP contribution is -2.08. The Kier molecular flexibility index (Phi) is 3.64. The van der Waals surface area contributed by atoms with E-state index in [-0.39, 0.29) is 17.4 Å². The van der Waals surface area contributed by atoms with E-state index in [4.69, 9.17) is 16.3 Å². The first kappa shape index (κ1) is 10.7. The summed E-state index contributed by atoms with van der Waals surface area (Å²) < 4.78 is 9.33. The molecular formula is C8H9ClN2O3. The lowest BCUT2D eigenvalue weighted by atomic mass is 10.4. The van der Waals surface area contributed by atoms with E-state index in [0.29, 0.717) is 5.88 Å². The van der Waals surface area contributed by atoms with E-state index in [9.17, 15) is 4.79 Å². The van der Waals surface area contributed by atoms with Gasteiger partial charge in [0.15, 0.2) is 0 Å². The van der Waals surface area contributed by atoms with Crippen LogP contribution in [-0.4, -0.2) is 30.2 Å². The van der Waals surface area contributed by atoms with Crippen LogP contribution >= 0.6 is 11.6 Å². The van der Waals surface area contributed by atoms with E-state index in [2.05, 4.69) is 14.7 Å². The van der Waals surface area contributed by atoms with Gasteiger partial charge in [0.25, 0.3) is 0 Å². The summed E-state index contributed by atoms with van der Waals surface area (Å²) in [4.78, 5) is 18.7. The van der Waals surface area contributed by atoms with E-state index in [1.165, 1.54) is 20.3 Å². The zero-order valence-corrected chi connectivity index (χ0v) is 8.54. The van der Waals surface area contributed by atoms with Gasteiger partial charge in [0, 0.05) is 6.07 Å². The highest BCUT2D eigenvalue weighted by Crippen LogP contribution is 2.13. The molecule has 5 nitrogen and oxygen atoms in total. The summed E-state index contributed by atoms with van der Waals surface area (Å²) in [6, 6.07) is 1.46. The smallest absolute Gasteiger partial charge is 0.313 e. The van der Waals surface area contributed by atoms with Crippen molar-refractivity contribution < 1.29 is 14.3 Å². The summed E-state index contributed by atoms with van der Waals surface area (Å²) in [6.07, 6.45) is -0.0204. The highest BCUT2D eigenvalue weighted by molar-refractivity contribution is 6.29. The first-order valence-corrected chi connectivity index (χ1v) is 4.17. The molecule has 0 aliphatic carbocycles. The minimum atomic E-state index is -0.422. The molecule has 0 aliphatic heterocycles. The number of rotatable bonds is 3. The molecule has 1 aromatic heterocycles. The molecule has 0 spiro atoms. The molecule has 0 unspecified atom stereocenters. The minimum Gasteiger partial charge on any atom is -0.481 e. The molecule has 0 saturated carbocycles. The second-order valence-electron chi connectivity index (χ2n) is 2.40. The van der Waals surface area contributed by atoms with Crippen LogP contribution in [0.3, 0.4) is 0 Å². The quantitative estimate of drug-likeness (QED) is 0.554. The number of nitrogens with zero attached hydrogens (tertiary/aromatic N) is 2. The van der Waals surface area contributed by atoms with Crippen LogP contribution in [0.2, 0.25) is 5.15 Å². The van der Waals surface area contributed by atoms with Crippen LogP contribution in [0.4, 0.5) is 0 Å². The van der Waals surface area contributed by atoms with Crippen molar-refractivity contribution in [2.45, 2.75) is 6.42 Å². The lowest BCUT2D eigenvalue weighted by Gasteiger charge is -2.02. The van der Waals surface area contributed by atoms with Crippen molar-refractivity contribution in [3.8, 4) is 5.88 Å². The van der Waals surface area contributed by atoms with Gasteiger partial charge in [-0.3, -0.25) is 4.79 Å². The molecule has 0 saturated heterocycles. The molecule has 1 aromatic rings. The van der Waals surface area contributed by atoms with Crippen LogP contribution in [0.15, 0.2) is 6.07 Å². The Balaban J connectivity index is 2.86. The van der Waals surface area contributed by atoms with Crippen molar-refractivity contribution in [2.24, 2.45) is 0 Å². The number of esters is 1. The molecule has 0 bridgehead atoms. The predicted octanol–water partition coefficient (Wildman–Crippen LogP) is 0.854. The summed E-state index contributed by atoms with van der Waals surface area (Å²) in [5.74, 6) is 0.180. The molecule has 6 heteroatoms. The van der Waals surface area contributed by atoms with Crippen LogP contribution in [0, 0.1) is 0 Å². The average molecular weight is 217 g/mol. The fourth-order valence-corrected chi connectivity index (χ4v) is 1.02. The van der Waals surface area contributed by atoms with Crippen LogP contribution in [0.5, 0.6) is 5.88 Å². The third-order valence-corrected chi connectivity index (χ3v) is 1.65. The number of carbonyl (C=O) groups excluding carboxylic acids is 1. The first-order chi connectivity index (χ1) is 6.65. The van der Waals surface area contributed by atoms with Gasteiger partial charge in [-0.1, -0.05) is 11.6 Å². The van der Waals surface area contributed by atoms with Gasteiger partial charge in [0.2, 0.25) is 5.88 Å². The van der Waals surface area contributed by atoms with Crippen LogP contribution in [-0.2, 0) is 16.0 Å². The van der Waals surface area contributed by atoms with E-state index in [1.54, 1.807) is 0 Å². The fourth-order valence-electron chi connectivity index (χ4n) is 0.827. The number of ether oxygens (including phenoxy) is 2. The number of methoxy groups -OCH3 is 2. The summed E-state index contributed by atoms with van der Waals surface area (Å²) >= 11 is 5.67. The van der Waals surface area contributed by atoms with Gasteiger partial charge in [-0.15, -0.1) is 0 Å². The van der Waals surface area contributed by atoms with E-state index < -0.39 is 5.97 Å². The monoisotopic (exact) mass is 216 g/mol. The minimum absolute atomic E-state index is 0.0204. The molecule has 0 fully saturated rings. The molecule has 0 aliphatic rings. The molecule has 0 aromatic carbocycles. The fraction of sp³-hybridized carbons (Fsp3) is 0.375. The Labute approximate surface area is 86.0 Å². The molecule has 0 amide bonds. The van der Waals surface area contributed by atoms with Crippen LogP contribution in [0.1, 0.15) is 5.82 Å². The molecule has 14 heavy (non-hydrogen) atoms. The van der Waals surface area contributed by atoms with E-state index >= 15 is 0 Å². The Morgan fingerprint density at radius 3 is 2.79 bits per heavy atom. The largest absolute Gasteiger partial charge is 0.481 e. The maximum Gasteiger partial charge on any atom is 0.313 e. The highest BCUT2D eigenvalue weighted by Gasteiger charge is 2.08. The van der Waals surface area contributed by atoms with Gasteiger partial charge in [-0.05, 0) is 0 Å². The van der Waals surface area contributed by atoms with E-state index in [1.807, 2.05) is 0 Å². The van der Waals surface area contributed by atoms with Crippen molar-refractivity contribution in [3.63, 3.8) is 0 Å². The van der Waals surface area contributed by atoms with Gasteiger partial charge in [-0.25, -0.2) is 4.98 Å². The number of carbonyl (C=O) groups is 1. The molecule has 1 rings (SSSR count). The summed E-state index contributed by atoms with van der Waals surface area (Å²) in [7, 11) is 2.75. The van der Waals surface area contributed by atoms with Crippen LogP contribution < -0.4 is 4.74 Å². The van der Waals surface area contributed by atoms with Gasteiger partial charge in [0.1, 0.15) is 17.4 Å². The van der Waals surface area contributed by atoms with Gasteiger partial charge >= 0.3 is 5.97 Å². The van der Waals surface area contributed by atoms with Crippen molar-refractivity contribution in [1.29, 1.82) is 0 Å². The first-order valence-electron chi connectivity index (χ1n) is 3.80. The third-order valence-electron chi connectivity index (χ3n) is 1.46. The number of hydrogen-bond donors (Lipinski definition) is 0. The van der Waals surface area contributed by atoms with Crippen molar-refractivity contribution >= 4 is 17.6 Å². The van der Waals surface area contributed by atoms with Gasteiger partial charge in [-0.2, -0.15) is 4.98 Å². The Bertz CT molecular complexity index is 343. The SMILES string of the molecule is COC(=O)Cc1nc(Cl)cc(OC)n1.